The molecular weight excluding hydrogens is 236 g/mol. The lowest BCUT2D eigenvalue weighted by Gasteiger charge is -2.05. The minimum Gasteiger partial charge on any atom is -0.493 e. The SMILES string of the molecule is N=C(N)c1cc2c(OCCCO)cccc2s1. The van der Waals surface area contributed by atoms with E-state index >= 15 is 0 Å². The summed E-state index contributed by atoms with van der Waals surface area (Å²) in [5, 5.41) is 17.1. The van der Waals surface area contributed by atoms with Crippen molar-refractivity contribution in [1.29, 1.82) is 5.41 Å². The number of nitrogens with two attached hydrogens (primary N) is 1. The highest BCUT2D eigenvalue weighted by atomic mass is 32.1. The van der Waals surface area contributed by atoms with Gasteiger partial charge in [0.05, 0.1) is 11.5 Å². The third-order valence-corrected chi connectivity index (χ3v) is 3.48. The van der Waals surface area contributed by atoms with Crippen LogP contribution in [0, 0.1) is 5.41 Å². The summed E-state index contributed by atoms with van der Waals surface area (Å²) in [4.78, 5) is 0.748. The van der Waals surface area contributed by atoms with Crippen LogP contribution in [0.25, 0.3) is 10.1 Å². The quantitative estimate of drug-likeness (QED) is 0.431. The zero-order chi connectivity index (χ0) is 12.3. The van der Waals surface area contributed by atoms with E-state index in [1.54, 1.807) is 0 Å². The second kappa shape index (κ2) is 5.16. The van der Waals surface area contributed by atoms with E-state index in [-0.39, 0.29) is 12.4 Å². The molecule has 4 nitrogen and oxygen atoms in total. The van der Waals surface area contributed by atoms with Crippen LogP contribution in [0.1, 0.15) is 11.3 Å². The monoisotopic (exact) mass is 250 g/mol. The standard InChI is InChI=1S/C12H14N2O2S/c13-12(14)11-7-8-9(16-6-2-5-15)3-1-4-10(8)17-11/h1,3-4,7,15H,2,5-6H2,(H3,13,14). The van der Waals surface area contributed by atoms with Crippen LogP contribution in [0.2, 0.25) is 0 Å². The van der Waals surface area contributed by atoms with Gasteiger partial charge in [0.1, 0.15) is 11.6 Å². The zero-order valence-electron chi connectivity index (χ0n) is 9.27. The average Bonchev–Trinajstić information content (AvgIpc) is 2.74. The maximum absolute atomic E-state index is 8.71. The largest absolute Gasteiger partial charge is 0.493 e. The number of nitrogen functional groups attached to an aromatic ring is 1. The van der Waals surface area contributed by atoms with Crippen LogP contribution in [0.4, 0.5) is 0 Å². The van der Waals surface area contributed by atoms with Gasteiger partial charge in [0, 0.05) is 23.1 Å². The smallest absolute Gasteiger partial charge is 0.133 e. The third-order valence-electron chi connectivity index (χ3n) is 2.35. The molecule has 0 saturated carbocycles. The van der Waals surface area contributed by atoms with E-state index in [2.05, 4.69) is 0 Å². The number of hydrogen-bond acceptors (Lipinski definition) is 4. The summed E-state index contributed by atoms with van der Waals surface area (Å²) in [7, 11) is 0. The molecule has 0 aliphatic rings. The fourth-order valence-corrected chi connectivity index (χ4v) is 2.48. The van der Waals surface area contributed by atoms with Gasteiger partial charge in [0.15, 0.2) is 0 Å². The van der Waals surface area contributed by atoms with E-state index in [0.29, 0.717) is 13.0 Å². The number of aliphatic hydroxyl groups excluding tert-OH is 1. The van der Waals surface area contributed by atoms with Gasteiger partial charge in [-0.25, -0.2) is 0 Å². The molecule has 0 amide bonds. The summed E-state index contributed by atoms with van der Waals surface area (Å²) >= 11 is 1.48. The Labute approximate surface area is 103 Å². The van der Waals surface area contributed by atoms with Crippen LogP contribution in [0.5, 0.6) is 5.75 Å². The predicted molar refractivity (Wildman–Crippen MR) is 70.0 cm³/mol. The van der Waals surface area contributed by atoms with E-state index in [1.165, 1.54) is 11.3 Å². The first-order chi connectivity index (χ1) is 8.22. The first-order valence-electron chi connectivity index (χ1n) is 5.33. The van der Waals surface area contributed by atoms with Crippen molar-refractivity contribution in [2.24, 2.45) is 5.73 Å². The second-order valence-electron chi connectivity index (χ2n) is 3.62. The lowest BCUT2D eigenvalue weighted by molar-refractivity contribution is 0.235. The molecule has 0 radical (unpaired) electrons. The molecule has 0 aliphatic carbocycles. The first-order valence-corrected chi connectivity index (χ1v) is 6.14. The number of nitrogens with one attached hydrogen (secondary N) is 1. The van der Waals surface area contributed by atoms with Crippen LogP contribution < -0.4 is 10.5 Å². The van der Waals surface area contributed by atoms with E-state index < -0.39 is 0 Å². The fourth-order valence-electron chi connectivity index (χ4n) is 1.54. The zero-order valence-corrected chi connectivity index (χ0v) is 10.1. The minimum atomic E-state index is 0.0764. The Morgan fingerprint density at radius 3 is 3.00 bits per heavy atom. The maximum Gasteiger partial charge on any atom is 0.133 e. The maximum atomic E-state index is 8.71. The van der Waals surface area contributed by atoms with Gasteiger partial charge in [0.2, 0.25) is 0 Å². The Hall–Kier alpha value is -1.59. The topological polar surface area (TPSA) is 79.3 Å². The van der Waals surface area contributed by atoms with Crippen molar-refractivity contribution in [2.45, 2.75) is 6.42 Å². The molecule has 0 atom stereocenters. The van der Waals surface area contributed by atoms with Crippen molar-refractivity contribution in [3.05, 3.63) is 29.1 Å². The second-order valence-corrected chi connectivity index (χ2v) is 4.70. The summed E-state index contributed by atoms with van der Waals surface area (Å²) in [6.07, 6.45) is 0.611. The molecule has 5 heteroatoms. The molecule has 2 rings (SSSR count). The van der Waals surface area contributed by atoms with E-state index in [4.69, 9.17) is 21.0 Å². The van der Waals surface area contributed by atoms with Crippen molar-refractivity contribution in [3.8, 4) is 5.75 Å². The number of fused-ring (bicyclic) bond motifs is 1. The molecule has 0 aliphatic heterocycles. The van der Waals surface area contributed by atoms with Gasteiger partial charge < -0.3 is 15.6 Å². The number of rotatable bonds is 5. The molecule has 0 unspecified atom stereocenters. The molecule has 0 bridgehead atoms. The van der Waals surface area contributed by atoms with Crippen molar-refractivity contribution < 1.29 is 9.84 Å². The van der Waals surface area contributed by atoms with E-state index in [1.807, 2.05) is 24.3 Å². The molecule has 0 fully saturated rings. The van der Waals surface area contributed by atoms with E-state index in [9.17, 15) is 0 Å². The van der Waals surface area contributed by atoms with Crippen LogP contribution in [-0.4, -0.2) is 24.2 Å². The summed E-state index contributed by atoms with van der Waals surface area (Å²) in [5.41, 5.74) is 5.47. The van der Waals surface area contributed by atoms with Crippen LogP contribution in [-0.2, 0) is 0 Å². The predicted octanol–water partition coefficient (Wildman–Crippen LogP) is 1.95. The molecule has 1 aromatic carbocycles. The Morgan fingerprint density at radius 2 is 2.29 bits per heavy atom. The normalized spacial score (nSPS) is 10.6. The number of thiophene rings is 1. The summed E-state index contributed by atoms with van der Waals surface area (Å²) < 4.78 is 6.64. The summed E-state index contributed by atoms with van der Waals surface area (Å²) in [6.45, 7) is 0.610. The Bertz CT molecular complexity index is 536. The van der Waals surface area contributed by atoms with Crippen LogP contribution in [0.3, 0.4) is 0 Å². The van der Waals surface area contributed by atoms with Crippen molar-refractivity contribution in [3.63, 3.8) is 0 Å². The lowest BCUT2D eigenvalue weighted by atomic mass is 10.2. The molecule has 17 heavy (non-hydrogen) atoms. The average molecular weight is 250 g/mol. The summed E-state index contributed by atoms with van der Waals surface area (Å²) in [6, 6.07) is 7.65. The van der Waals surface area contributed by atoms with Crippen LogP contribution >= 0.6 is 11.3 Å². The van der Waals surface area contributed by atoms with Crippen molar-refractivity contribution >= 4 is 27.3 Å². The third kappa shape index (κ3) is 2.57. The van der Waals surface area contributed by atoms with Gasteiger partial charge in [-0.15, -0.1) is 11.3 Å². The highest BCUT2D eigenvalue weighted by molar-refractivity contribution is 7.20. The fraction of sp³-hybridized carbons (Fsp3) is 0.250. The molecular formula is C12H14N2O2S. The number of ether oxygens (including phenoxy) is 1. The number of hydrogen-bond donors (Lipinski definition) is 3. The highest BCUT2D eigenvalue weighted by Gasteiger charge is 2.08. The molecule has 90 valence electrons. The van der Waals surface area contributed by atoms with Gasteiger partial charge in [-0.05, 0) is 18.2 Å². The van der Waals surface area contributed by atoms with Gasteiger partial charge in [-0.3, -0.25) is 5.41 Å². The van der Waals surface area contributed by atoms with Gasteiger partial charge >= 0.3 is 0 Å². The minimum absolute atomic E-state index is 0.0764. The Balaban J connectivity index is 2.32. The lowest BCUT2D eigenvalue weighted by Crippen LogP contribution is -2.08. The molecule has 0 spiro atoms. The van der Waals surface area contributed by atoms with Crippen LogP contribution in [0.15, 0.2) is 24.3 Å². The molecule has 1 aromatic heterocycles. The van der Waals surface area contributed by atoms with Gasteiger partial charge in [0.25, 0.3) is 0 Å². The molecule has 2 aromatic rings. The molecule has 4 N–H and O–H groups in total. The van der Waals surface area contributed by atoms with Gasteiger partial charge in [-0.2, -0.15) is 0 Å². The van der Waals surface area contributed by atoms with Crippen molar-refractivity contribution in [1.82, 2.24) is 0 Å². The van der Waals surface area contributed by atoms with Crippen molar-refractivity contribution in [2.75, 3.05) is 13.2 Å². The highest BCUT2D eigenvalue weighted by Crippen LogP contribution is 2.32. The Morgan fingerprint density at radius 1 is 1.47 bits per heavy atom. The van der Waals surface area contributed by atoms with E-state index in [0.717, 1.165) is 20.7 Å². The number of benzene rings is 1. The molecule has 0 saturated heterocycles. The first kappa shape index (κ1) is 11.9. The summed E-state index contributed by atoms with van der Waals surface area (Å²) in [5.74, 6) is 0.854. The number of amidine groups is 1. The number of aliphatic hydroxyl groups is 1. The molecule has 1 heterocycles. The van der Waals surface area contributed by atoms with Gasteiger partial charge in [-0.1, -0.05) is 6.07 Å². The Kier molecular flexibility index (Phi) is 3.61.